The van der Waals surface area contributed by atoms with Crippen molar-refractivity contribution in [3.05, 3.63) is 0 Å². The molecule has 0 amide bonds. The molecule has 6 heteroatoms. The standard InChI is InChI=1S/C6H14F2O3Si/c1-9-12(10-2,11-3)5-6(8)4-7/h6H,4-5H2,1-3H3. The Balaban J connectivity index is 4.09. The van der Waals surface area contributed by atoms with Crippen molar-refractivity contribution in [2.45, 2.75) is 12.2 Å². The molecule has 0 aliphatic rings. The van der Waals surface area contributed by atoms with E-state index in [4.69, 9.17) is 13.3 Å². The van der Waals surface area contributed by atoms with Crippen LogP contribution >= 0.6 is 0 Å². The van der Waals surface area contributed by atoms with Crippen LogP contribution in [0.15, 0.2) is 0 Å². The van der Waals surface area contributed by atoms with Gasteiger partial charge in [0.15, 0.2) is 0 Å². The molecule has 0 aliphatic carbocycles. The molecular weight excluding hydrogens is 186 g/mol. The van der Waals surface area contributed by atoms with Crippen molar-refractivity contribution in [2.75, 3.05) is 28.0 Å². The lowest BCUT2D eigenvalue weighted by Gasteiger charge is -2.24. The molecule has 74 valence electrons. The molecule has 0 bridgehead atoms. The maximum Gasteiger partial charge on any atom is 0.503 e. The number of alkyl halides is 2. The molecule has 0 aromatic rings. The summed E-state index contributed by atoms with van der Waals surface area (Å²) in [4.78, 5) is 0. The average molecular weight is 200 g/mol. The summed E-state index contributed by atoms with van der Waals surface area (Å²) in [6, 6.07) is -0.146. The summed E-state index contributed by atoms with van der Waals surface area (Å²) in [7, 11) is 1.18. The predicted octanol–water partition coefficient (Wildman–Crippen LogP) is 1.17. The number of rotatable bonds is 6. The van der Waals surface area contributed by atoms with Crippen LogP contribution in [-0.4, -0.2) is 43.0 Å². The Hall–Kier alpha value is -0.0431. The van der Waals surface area contributed by atoms with Crippen molar-refractivity contribution in [3.8, 4) is 0 Å². The minimum atomic E-state index is -2.92. The molecule has 0 saturated heterocycles. The van der Waals surface area contributed by atoms with Gasteiger partial charge >= 0.3 is 8.80 Å². The van der Waals surface area contributed by atoms with Gasteiger partial charge in [0.1, 0.15) is 12.8 Å². The van der Waals surface area contributed by atoms with Crippen molar-refractivity contribution >= 4 is 8.80 Å². The number of halogens is 2. The Morgan fingerprint density at radius 3 is 1.83 bits per heavy atom. The smallest absolute Gasteiger partial charge is 0.377 e. The maximum atomic E-state index is 12.6. The van der Waals surface area contributed by atoms with Gasteiger partial charge in [0.05, 0.1) is 6.04 Å². The van der Waals surface area contributed by atoms with E-state index >= 15 is 0 Å². The molecule has 1 unspecified atom stereocenters. The third kappa shape index (κ3) is 3.14. The highest BCUT2D eigenvalue weighted by atomic mass is 28.4. The number of hydrogen-bond acceptors (Lipinski definition) is 3. The molecule has 12 heavy (non-hydrogen) atoms. The van der Waals surface area contributed by atoms with E-state index in [0.717, 1.165) is 0 Å². The van der Waals surface area contributed by atoms with Crippen LogP contribution in [-0.2, 0) is 13.3 Å². The lowest BCUT2D eigenvalue weighted by atomic mass is 10.5. The van der Waals surface area contributed by atoms with Gasteiger partial charge in [0.25, 0.3) is 0 Å². The van der Waals surface area contributed by atoms with Gasteiger partial charge in [0, 0.05) is 21.3 Å². The van der Waals surface area contributed by atoms with Gasteiger partial charge in [-0.15, -0.1) is 0 Å². The molecule has 3 nitrogen and oxygen atoms in total. The fourth-order valence-corrected chi connectivity index (χ4v) is 2.48. The molecule has 0 heterocycles. The highest BCUT2D eigenvalue weighted by Crippen LogP contribution is 2.17. The van der Waals surface area contributed by atoms with E-state index in [9.17, 15) is 8.78 Å². The van der Waals surface area contributed by atoms with Crippen LogP contribution in [0.2, 0.25) is 6.04 Å². The maximum absolute atomic E-state index is 12.6. The summed E-state index contributed by atoms with van der Waals surface area (Å²) >= 11 is 0. The van der Waals surface area contributed by atoms with Crippen LogP contribution < -0.4 is 0 Å². The number of hydrogen-bond donors (Lipinski definition) is 0. The Bertz CT molecular complexity index is 113. The SMILES string of the molecule is CO[Si](CC(F)CF)(OC)OC. The Morgan fingerprint density at radius 1 is 1.17 bits per heavy atom. The van der Waals surface area contributed by atoms with Gasteiger partial charge in [0.2, 0.25) is 0 Å². The first-order chi connectivity index (χ1) is 5.64. The van der Waals surface area contributed by atoms with Gasteiger partial charge < -0.3 is 13.3 Å². The predicted molar refractivity (Wildman–Crippen MR) is 42.5 cm³/mol. The summed E-state index contributed by atoms with van der Waals surface area (Å²) in [5.41, 5.74) is 0. The minimum Gasteiger partial charge on any atom is -0.377 e. The summed E-state index contributed by atoms with van der Waals surface area (Å²) in [6.07, 6.45) is -1.57. The summed E-state index contributed by atoms with van der Waals surface area (Å²) in [6.45, 7) is -1.04. The second-order valence-corrected chi connectivity index (χ2v) is 5.25. The van der Waals surface area contributed by atoms with E-state index in [-0.39, 0.29) is 6.04 Å². The fraction of sp³-hybridized carbons (Fsp3) is 1.00. The van der Waals surface area contributed by atoms with Crippen molar-refractivity contribution in [1.29, 1.82) is 0 Å². The highest BCUT2D eigenvalue weighted by Gasteiger charge is 2.40. The third-order valence-electron chi connectivity index (χ3n) is 1.57. The zero-order valence-electron chi connectivity index (χ0n) is 7.47. The van der Waals surface area contributed by atoms with Crippen LogP contribution in [0.1, 0.15) is 0 Å². The van der Waals surface area contributed by atoms with E-state index in [1.54, 1.807) is 0 Å². The monoisotopic (exact) mass is 200 g/mol. The van der Waals surface area contributed by atoms with Crippen molar-refractivity contribution in [3.63, 3.8) is 0 Å². The molecular formula is C6H14F2O3Si. The normalized spacial score (nSPS) is 14.8. The first-order valence-corrected chi connectivity index (χ1v) is 5.42. The average Bonchev–Trinajstić information content (AvgIpc) is 2.14. The highest BCUT2D eigenvalue weighted by molar-refractivity contribution is 6.60. The van der Waals surface area contributed by atoms with Gasteiger partial charge in [-0.3, -0.25) is 0 Å². The quantitative estimate of drug-likeness (QED) is 0.602. The molecule has 0 fully saturated rings. The van der Waals surface area contributed by atoms with Gasteiger partial charge in [-0.25, -0.2) is 8.78 Å². The first kappa shape index (κ1) is 12.0. The molecule has 0 spiro atoms. The lowest BCUT2D eigenvalue weighted by molar-refractivity contribution is 0.110. The van der Waals surface area contributed by atoms with Crippen LogP contribution in [0.4, 0.5) is 8.78 Å². The van der Waals surface area contributed by atoms with Crippen molar-refractivity contribution in [2.24, 2.45) is 0 Å². The van der Waals surface area contributed by atoms with Gasteiger partial charge in [-0.2, -0.15) is 0 Å². The molecule has 0 rings (SSSR count). The molecule has 0 saturated carbocycles. The second-order valence-electron chi connectivity index (χ2n) is 2.25. The van der Waals surface area contributed by atoms with E-state index in [2.05, 4.69) is 0 Å². The molecule has 0 aromatic carbocycles. The van der Waals surface area contributed by atoms with Crippen LogP contribution in [0, 0.1) is 0 Å². The zero-order valence-corrected chi connectivity index (χ0v) is 8.47. The largest absolute Gasteiger partial charge is 0.503 e. The van der Waals surface area contributed by atoms with E-state index < -0.39 is 21.7 Å². The topological polar surface area (TPSA) is 27.7 Å². The minimum absolute atomic E-state index is 0.146. The van der Waals surface area contributed by atoms with Gasteiger partial charge in [-0.05, 0) is 0 Å². The fourth-order valence-electron chi connectivity index (χ4n) is 0.826. The Labute approximate surface area is 72.0 Å². The Morgan fingerprint density at radius 2 is 1.58 bits per heavy atom. The van der Waals surface area contributed by atoms with Crippen LogP contribution in [0.25, 0.3) is 0 Å². The zero-order chi connectivity index (χ0) is 9.61. The molecule has 1 atom stereocenters. The van der Waals surface area contributed by atoms with Crippen LogP contribution in [0.3, 0.4) is 0 Å². The van der Waals surface area contributed by atoms with Crippen molar-refractivity contribution in [1.82, 2.24) is 0 Å². The summed E-state index contributed by atoms with van der Waals surface area (Å²) in [5, 5.41) is 0. The van der Waals surface area contributed by atoms with Crippen molar-refractivity contribution < 1.29 is 22.1 Å². The molecule has 0 aliphatic heterocycles. The third-order valence-corrected chi connectivity index (χ3v) is 4.38. The molecule has 0 radical (unpaired) electrons. The Kier molecular flexibility index (Phi) is 5.56. The second kappa shape index (κ2) is 5.58. The summed E-state index contributed by atoms with van der Waals surface area (Å²) in [5.74, 6) is 0. The van der Waals surface area contributed by atoms with Crippen LogP contribution in [0.5, 0.6) is 0 Å². The van der Waals surface area contributed by atoms with Gasteiger partial charge in [-0.1, -0.05) is 0 Å². The van der Waals surface area contributed by atoms with E-state index in [1.807, 2.05) is 0 Å². The first-order valence-electron chi connectivity index (χ1n) is 3.49. The molecule has 0 N–H and O–H groups in total. The summed E-state index contributed by atoms with van der Waals surface area (Å²) < 4.78 is 39.1. The van der Waals surface area contributed by atoms with E-state index in [1.165, 1.54) is 21.3 Å². The van der Waals surface area contributed by atoms with E-state index in [0.29, 0.717) is 0 Å². The molecule has 0 aromatic heterocycles. The lowest BCUT2D eigenvalue weighted by Crippen LogP contribution is -2.45.